The zero-order chi connectivity index (χ0) is 16.4. The average molecular weight is 329 g/mol. The molecule has 2 atom stereocenters. The zero-order valence-corrected chi connectivity index (χ0v) is 14.2. The number of hydrogen-bond donors (Lipinski definition) is 1. The first-order valence-corrected chi connectivity index (χ1v) is 9.26. The first-order chi connectivity index (χ1) is 11.8. The van der Waals surface area contributed by atoms with E-state index in [2.05, 4.69) is 20.1 Å². The normalized spacial score (nSPS) is 27.8. The first-order valence-electron chi connectivity index (χ1n) is 9.26. The van der Waals surface area contributed by atoms with Gasteiger partial charge >= 0.3 is 6.03 Å². The van der Waals surface area contributed by atoms with Crippen molar-refractivity contribution in [1.29, 1.82) is 0 Å². The molecule has 24 heavy (non-hydrogen) atoms. The van der Waals surface area contributed by atoms with E-state index in [1.165, 1.54) is 31.5 Å². The molecule has 130 valence electrons. The van der Waals surface area contributed by atoms with Crippen LogP contribution in [0.3, 0.4) is 0 Å². The number of carbonyl (C=O) groups excluding carboxylic acids is 1. The highest BCUT2D eigenvalue weighted by Crippen LogP contribution is 2.27. The maximum atomic E-state index is 12.6. The maximum absolute atomic E-state index is 12.6. The van der Waals surface area contributed by atoms with Gasteiger partial charge in [-0.3, -0.25) is 9.88 Å². The molecule has 6 heteroatoms. The van der Waals surface area contributed by atoms with Gasteiger partial charge in [0.2, 0.25) is 0 Å². The van der Waals surface area contributed by atoms with Crippen molar-refractivity contribution in [1.82, 2.24) is 20.1 Å². The number of amides is 2. The second kappa shape index (κ2) is 6.97. The number of piperidine rings is 1. The minimum Gasteiger partial charge on any atom is -0.368 e. The Morgan fingerprint density at radius 2 is 1.79 bits per heavy atom. The second-order valence-corrected chi connectivity index (χ2v) is 7.12. The minimum absolute atomic E-state index is 0.127. The van der Waals surface area contributed by atoms with Crippen LogP contribution in [0.4, 0.5) is 10.5 Å². The molecular weight excluding hydrogens is 302 g/mol. The lowest BCUT2D eigenvalue weighted by atomic mass is 9.99. The lowest BCUT2D eigenvalue weighted by Gasteiger charge is -2.37. The molecule has 3 fully saturated rings. The summed E-state index contributed by atoms with van der Waals surface area (Å²) in [6, 6.07) is 5.11. The van der Waals surface area contributed by atoms with Crippen molar-refractivity contribution in [2.75, 3.05) is 44.2 Å². The number of nitrogens with one attached hydrogen (secondary N) is 1. The van der Waals surface area contributed by atoms with Crippen molar-refractivity contribution < 1.29 is 4.79 Å². The van der Waals surface area contributed by atoms with Gasteiger partial charge < -0.3 is 15.1 Å². The number of rotatable bonds is 2. The Morgan fingerprint density at radius 1 is 1.00 bits per heavy atom. The summed E-state index contributed by atoms with van der Waals surface area (Å²) in [6.07, 6.45) is 8.61. The molecule has 0 spiro atoms. The Balaban J connectivity index is 1.29. The number of hydrogen-bond acceptors (Lipinski definition) is 4. The van der Waals surface area contributed by atoms with Gasteiger partial charge in [0.25, 0.3) is 0 Å². The van der Waals surface area contributed by atoms with E-state index in [1.807, 2.05) is 29.4 Å². The van der Waals surface area contributed by atoms with Crippen LogP contribution in [0.1, 0.15) is 25.7 Å². The van der Waals surface area contributed by atoms with Gasteiger partial charge in [0, 0.05) is 62.9 Å². The molecule has 3 aliphatic rings. The largest absolute Gasteiger partial charge is 0.368 e. The third kappa shape index (κ3) is 3.20. The van der Waals surface area contributed by atoms with Crippen LogP contribution < -0.4 is 10.2 Å². The zero-order valence-electron chi connectivity index (χ0n) is 14.2. The predicted octanol–water partition coefficient (Wildman–Crippen LogP) is 1.54. The highest BCUT2D eigenvalue weighted by atomic mass is 16.2. The number of fused-ring (bicyclic) bond motifs is 1. The Labute approximate surface area is 143 Å². The molecule has 0 saturated carbocycles. The summed E-state index contributed by atoms with van der Waals surface area (Å²) in [4.78, 5) is 23.6. The SMILES string of the molecule is O=C(N[C@H]1CCN2CCCC[C@@H]12)N1CCN(c2ccncc2)CC1. The third-order valence-corrected chi connectivity index (χ3v) is 5.76. The van der Waals surface area contributed by atoms with Crippen molar-refractivity contribution in [3.05, 3.63) is 24.5 Å². The van der Waals surface area contributed by atoms with Crippen LogP contribution in [0.5, 0.6) is 0 Å². The molecule has 2 amide bonds. The first kappa shape index (κ1) is 15.7. The fraction of sp³-hybridized carbons (Fsp3) is 0.667. The van der Waals surface area contributed by atoms with E-state index in [0.717, 1.165) is 39.1 Å². The second-order valence-electron chi connectivity index (χ2n) is 7.12. The number of nitrogens with zero attached hydrogens (tertiary/aromatic N) is 4. The standard InChI is InChI=1S/C18H27N5O/c24-18(20-16-6-10-22-9-2-1-3-17(16)22)23-13-11-21(12-14-23)15-4-7-19-8-5-15/h4-5,7-8,16-17H,1-3,6,9-14H2,(H,20,24)/t16-,17-/m0/s1. The molecule has 0 bridgehead atoms. The molecule has 3 aliphatic heterocycles. The highest BCUT2D eigenvalue weighted by Gasteiger charge is 2.37. The molecule has 1 aromatic rings. The van der Waals surface area contributed by atoms with Crippen molar-refractivity contribution in [2.45, 2.75) is 37.8 Å². The molecule has 0 aromatic carbocycles. The molecule has 0 radical (unpaired) electrons. The van der Waals surface area contributed by atoms with Crippen molar-refractivity contribution >= 4 is 11.7 Å². The van der Waals surface area contributed by atoms with E-state index < -0.39 is 0 Å². The summed E-state index contributed by atoms with van der Waals surface area (Å²) in [5.74, 6) is 0. The molecule has 1 aromatic heterocycles. The Kier molecular flexibility index (Phi) is 4.56. The number of anilines is 1. The Morgan fingerprint density at radius 3 is 2.58 bits per heavy atom. The minimum atomic E-state index is 0.127. The van der Waals surface area contributed by atoms with Crippen LogP contribution in [0.15, 0.2) is 24.5 Å². The quantitative estimate of drug-likeness (QED) is 0.894. The van der Waals surface area contributed by atoms with Gasteiger partial charge in [-0.2, -0.15) is 0 Å². The van der Waals surface area contributed by atoms with E-state index in [0.29, 0.717) is 12.1 Å². The van der Waals surface area contributed by atoms with Crippen molar-refractivity contribution in [3.8, 4) is 0 Å². The lowest BCUT2D eigenvalue weighted by molar-refractivity contribution is 0.166. The monoisotopic (exact) mass is 329 g/mol. The van der Waals surface area contributed by atoms with Gasteiger partial charge in [-0.1, -0.05) is 6.42 Å². The van der Waals surface area contributed by atoms with Crippen molar-refractivity contribution in [3.63, 3.8) is 0 Å². The van der Waals surface area contributed by atoms with Gasteiger partial charge in [0.1, 0.15) is 0 Å². The predicted molar refractivity (Wildman–Crippen MR) is 94.2 cm³/mol. The van der Waals surface area contributed by atoms with Crippen LogP contribution in [0.25, 0.3) is 0 Å². The van der Waals surface area contributed by atoms with E-state index in [1.54, 1.807) is 0 Å². The molecule has 3 saturated heterocycles. The van der Waals surface area contributed by atoms with Crippen LogP contribution in [-0.2, 0) is 0 Å². The van der Waals surface area contributed by atoms with Gasteiger partial charge in [0.15, 0.2) is 0 Å². The molecule has 4 heterocycles. The van der Waals surface area contributed by atoms with Crippen LogP contribution in [0, 0.1) is 0 Å². The van der Waals surface area contributed by atoms with Gasteiger partial charge in [-0.05, 0) is 37.9 Å². The van der Waals surface area contributed by atoms with Gasteiger partial charge in [0.05, 0.1) is 0 Å². The van der Waals surface area contributed by atoms with Crippen LogP contribution in [0.2, 0.25) is 0 Å². The topological polar surface area (TPSA) is 51.7 Å². The third-order valence-electron chi connectivity index (χ3n) is 5.76. The fourth-order valence-corrected chi connectivity index (χ4v) is 4.39. The van der Waals surface area contributed by atoms with E-state index in [4.69, 9.17) is 0 Å². The average Bonchev–Trinajstić information content (AvgIpc) is 3.06. The molecule has 1 N–H and O–H groups in total. The van der Waals surface area contributed by atoms with E-state index in [-0.39, 0.29) is 6.03 Å². The van der Waals surface area contributed by atoms with Crippen LogP contribution >= 0.6 is 0 Å². The Bertz CT molecular complexity index is 558. The summed E-state index contributed by atoms with van der Waals surface area (Å²) in [5.41, 5.74) is 1.19. The van der Waals surface area contributed by atoms with Crippen molar-refractivity contribution in [2.24, 2.45) is 0 Å². The van der Waals surface area contributed by atoms with E-state index >= 15 is 0 Å². The highest BCUT2D eigenvalue weighted by molar-refractivity contribution is 5.75. The molecule has 4 rings (SSSR count). The Hall–Kier alpha value is -1.82. The summed E-state index contributed by atoms with van der Waals surface area (Å²) in [7, 11) is 0. The van der Waals surface area contributed by atoms with Crippen LogP contribution in [-0.4, -0.2) is 72.2 Å². The smallest absolute Gasteiger partial charge is 0.317 e. The molecule has 0 unspecified atom stereocenters. The summed E-state index contributed by atoms with van der Waals surface area (Å²) >= 11 is 0. The number of carbonyl (C=O) groups is 1. The summed E-state index contributed by atoms with van der Waals surface area (Å²) in [6.45, 7) is 5.70. The fourth-order valence-electron chi connectivity index (χ4n) is 4.39. The molecular formula is C18H27N5O. The maximum Gasteiger partial charge on any atom is 0.317 e. The van der Waals surface area contributed by atoms with E-state index in [9.17, 15) is 4.79 Å². The number of pyridine rings is 1. The number of urea groups is 1. The number of aromatic nitrogens is 1. The summed E-state index contributed by atoms with van der Waals surface area (Å²) in [5, 5.41) is 3.32. The molecule has 6 nitrogen and oxygen atoms in total. The van der Waals surface area contributed by atoms with Gasteiger partial charge in [-0.25, -0.2) is 4.79 Å². The number of piperazine rings is 1. The van der Waals surface area contributed by atoms with Gasteiger partial charge in [-0.15, -0.1) is 0 Å². The lowest BCUT2D eigenvalue weighted by Crippen LogP contribution is -2.55. The molecule has 0 aliphatic carbocycles. The summed E-state index contributed by atoms with van der Waals surface area (Å²) < 4.78 is 0.